The summed E-state index contributed by atoms with van der Waals surface area (Å²) in [7, 11) is 0. The van der Waals surface area contributed by atoms with Crippen LogP contribution in [0.25, 0.3) is 0 Å². The summed E-state index contributed by atoms with van der Waals surface area (Å²) in [6.45, 7) is 6.35. The monoisotopic (exact) mass is 257 g/mol. The van der Waals surface area contributed by atoms with E-state index in [2.05, 4.69) is 39.3 Å². The minimum absolute atomic E-state index is 0.898. The third-order valence-electron chi connectivity index (χ3n) is 2.59. The number of nitrogens with one attached hydrogen (secondary N) is 1. The molecule has 5 heteroatoms. The van der Waals surface area contributed by atoms with E-state index in [1.165, 1.54) is 35.3 Å². The van der Waals surface area contributed by atoms with E-state index in [1.54, 1.807) is 11.3 Å². The van der Waals surface area contributed by atoms with Crippen LogP contribution >= 0.6 is 23.1 Å². The summed E-state index contributed by atoms with van der Waals surface area (Å²) < 4.78 is 0. The number of nitrogens with zero attached hydrogens (tertiary/aromatic N) is 2. The molecule has 3 nitrogen and oxygen atoms in total. The molecule has 1 aliphatic rings. The fourth-order valence-corrected chi connectivity index (χ4v) is 3.48. The summed E-state index contributed by atoms with van der Waals surface area (Å²) >= 11 is 3.84. The average molecular weight is 257 g/mol. The van der Waals surface area contributed by atoms with E-state index in [-0.39, 0.29) is 0 Å². The second-order valence-electron chi connectivity index (χ2n) is 3.85. The molecule has 2 heterocycles. The minimum atomic E-state index is 0.898. The van der Waals surface area contributed by atoms with E-state index in [4.69, 9.17) is 0 Å². The zero-order valence-electron chi connectivity index (χ0n) is 9.74. The molecule has 1 fully saturated rings. The van der Waals surface area contributed by atoms with E-state index in [9.17, 15) is 0 Å². The van der Waals surface area contributed by atoms with E-state index >= 15 is 0 Å². The zero-order valence-corrected chi connectivity index (χ0v) is 11.4. The molecule has 1 saturated heterocycles. The number of rotatable bonds is 4. The topological polar surface area (TPSA) is 28.2 Å². The van der Waals surface area contributed by atoms with Crippen LogP contribution < -0.4 is 10.2 Å². The van der Waals surface area contributed by atoms with Gasteiger partial charge in [0.1, 0.15) is 0 Å². The molecule has 0 aliphatic carbocycles. The summed E-state index contributed by atoms with van der Waals surface area (Å²) in [4.78, 5) is 7.12. The maximum absolute atomic E-state index is 4.69. The summed E-state index contributed by atoms with van der Waals surface area (Å²) in [5.74, 6) is 2.54. The Balaban J connectivity index is 1.94. The third-order valence-corrected chi connectivity index (χ3v) is 4.59. The lowest BCUT2D eigenvalue weighted by molar-refractivity contribution is 0.711. The summed E-state index contributed by atoms with van der Waals surface area (Å²) in [5.41, 5.74) is 1.18. The summed E-state index contributed by atoms with van der Waals surface area (Å²) in [5, 5.41) is 6.70. The van der Waals surface area contributed by atoms with Crippen molar-refractivity contribution in [3.63, 3.8) is 0 Å². The largest absolute Gasteiger partial charge is 0.347 e. The molecule has 1 aliphatic heterocycles. The molecule has 1 N–H and O–H groups in total. The first-order valence-corrected chi connectivity index (χ1v) is 7.91. The second kappa shape index (κ2) is 6.47. The maximum atomic E-state index is 4.69. The first-order chi connectivity index (χ1) is 7.90. The average Bonchev–Trinajstić information content (AvgIpc) is 2.60. The Kier molecular flexibility index (Phi) is 4.93. The lowest BCUT2D eigenvalue weighted by atomic mass is 10.4. The smallest absolute Gasteiger partial charge is 0.185 e. The first-order valence-electron chi connectivity index (χ1n) is 5.88. The first kappa shape index (κ1) is 12.2. The van der Waals surface area contributed by atoms with Gasteiger partial charge in [-0.25, -0.2) is 4.98 Å². The normalized spacial score (nSPS) is 17.4. The predicted octanol–water partition coefficient (Wildman–Crippen LogP) is 2.20. The Hall–Kier alpha value is -0.260. The Labute approximate surface area is 106 Å². The zero-order chi connectivity index (χ0) is 11.2. The van der Waals surface area contributed by atoms with Crippen LogP contribution in [0, 0.1) is 0 Å². The van der Waals surface area contributed by atoms with Crippen molar-refractivity contribution in [2.45, 2.75) is 19.9 Å². The lowest BCUT2D eigenvalue weighted by Gasteiger charge is -2.18. The maximum Gasteiger partial charge on any atom is 0.185 e. The number of anilines is 1. The molecule has 0 saturated carbocycles. The van der Waals surface area contributed by atoms with Gasteiger partial charge in [0.15, 0.2) is 5.13 Å². The highest BCUT2D eigenvalue weighted by Crippen LogP contribution is 2.23. The van der Waals surface area contributed by atoms with E-state index in [0.717, 1.165) is 19.6 Å². The lowest BCUT2D eigenvalue weighted by Crippen LogP contribution is -2.25. The molecular weight excluding hydrogens is 238 g/mol. The van der Waals surface area contributed by atoms with Crippen molar-refractivity contribution in [1.82, 2.24) is 10.3 Å². The van der Waals surface area contributed by atoms with Crippen LogP contribution in [0.4, 0.5) is 5.13 Å². The van der Waals surface area contributed by atoms with Crippen LogP contribution in [0.2, 0.25) is 0 Å². The molecule has 0 amide bonds. The van der Waals surface area contributed by atoms with Gasteiger partial charge in [0.05, 0.1) is 5.69 Å². The predicted molar refractivity (Wildman–Crippen MR) is 73.6 cm³/mol. The second-order valence-corrected chi connectivity index (χ2v) is 5.92. The van der Waals surface area contributed by atoms with Gasteiger partial charge >= 0.3 is 0 Å². The van der Waals surface area contributed by atoms with Gasteiger partial charge in [-0.05, 0) is 18.7 Å². The Morgan fingerprint density at radius 1 is 1.44 bits per heavy atom. The molecule has 90 valence electrons. The van der Waals surface area contributed by atoms with Gasteiger partial charge < -0.3 is 10.2 Å². The van der Waals surface area contributed by atoms with Crippen LogP contribution in [0.5, 0.6) is 0 Å². The highest BCUT2D eigenvalue weighted by Gasteiger charge is 2.13. The number of hydrogen-bond donors (Lipinski definition) is 1. The molecule has 0 bridgehead atoms. The molecule has 16 heavy (non-hydrogen) atoms. The molecule has 0 atom stereocenters. The van der Waals surface area contributed by atoms with Crippen molar-refractivity contribution in [1.29, 1.82) is 0 Å². The molecule has 0 aromatic carbocycles. The van der Waals surface area contributed by atoms with Crippen molar-refractivity contribution in [2.24, 2.45) is 0 Å². The van der Waals surface area contributed by atoms with E-state index < -0.39 is 0 Å². The van der Waals surface area contributed by atoms with Gasteiger partial charge in [0, 0.05) is 30.8 Å². The number of hydrogen-bond acceptors (Lipinski definition) is 5. The van der Waals surface area contributed by atoms with Crippen molar-refractivity contribution in [3.8, 4) is 0 Å². The van der Waals surface area contributed by atoms with Crippen molar-refractivity contribution >= 4 is 28.2 Å². The Bertz CT molecular complexity index is 306. The molecule has 0 spiro atoms. The molecular formula is C11H19N3S2. The van der Waals surface area contributed by atoms with Crippen molar-refractivity contribution in [3.05, 3.63) is 11.1 Å². The number of aromatic nitrogens is 1. The number of thiazole rings is 1. The van der Waals surface area contributed by atoms with E-state index in [0.29, 0.717) is 0 Å². The van der Waals surface area contributed by atoms with Gasteiger partial charge in [-0.15, -0.1) is 11.3 Å². The van der Waals surface area contributed by atoms with Gasteiger partial charge in [-0.1, -0.05) is 6.92 Å². The van der Waals surface area contributed by atoms with Crippen LogP contribution in [-0.4, -0.2) is 36.1 Å². The molecule has 1 aromatic heterocycles. The highest BCUT2D eigenvalue weighted by atomic mass is 32.2. The van der Waals surface area contributed by atoms with Gasteiger partial charge in [0.25, 0.3) is 0 Å². The summed E-state index contributed by atoms with van der Waals surface area (Å²) in [6.07, 6.45) is 1.28. The SMILES string of the molecule is CCNCc1csc(N2CCCSCC2)n1. The quantitative estimate of drug-likeness (QED) is 0.895. The van der Waals surface area contributed by atoms with Crippen LogP contribution in [-0.2, 0) is 6.54 Å². The standard InChI is InChI=1S/C11H19N3S2/c1-2-12-8-10-9-16-11(13-10)14-4-3-6-15-7-5-14/h9,12H,2-8H2,1H3. The fraction of sp³-hybridized carbons (Fsp3) is 0.727. The van der Waals surface area contributed by atoms with Gasteiger partial charge in [-0.2, -0.15) is 11.8 Å². The van der Waals surface area contributed by atoms with Crippen LogP contribution in [0.15, 0.2) is 5.38 Å². The fourth-order valence-electron chi connectivity index (χ4n) is 1.71. The molecule has 1 aromatic rings. The molecule has 0 radical (unpaired) electrons. The molecule has 2 rings (SSSR count). The minimum Gasteiger partial charge on any atom is -0.347 e. The van der Waals surface area contributed by atoms with Gasteiger partial charge in [0.2, 0.25) is 0 Å². The van der Waals surface area contributed by atoms with E-state index in [1.807, 2.05) is 0 Å². The third kappa shape index (κ3) is 3.37. The van der Waals surface area contributed by atoms with Gasteiger partial charge in [-0.3, -0.25) is 0 Å². The van der Waals surface area contributed by atoms with Crippen molar-refractivity contribution in [2.75, 3.05) is 36.0 Å². The van der Waals surface area contributed by atoms with Crippen LogP contribution in [0.3, 0.4) is 0 Å². The van der Waals surface area contributed by atoms with Crippen molar-refractivity contribution < 1.29 is 0 Å². The Morgan fingerprint density at radius 2 is 2.38 bits per heavy atom. The van der Waals surface area contributed by atoms with Crippen LogP contribution in [0.1, 0.15) is 19.0 Å². The highest BCUT2D eigenvalue weighted by molar-refractivity contribution is 7.99. The molecule has 0 unspecified atom stereocenters. The summed E-state index contributed by atoms with van der Waals surface area (Å²) in [6, 6.07) is 0. The number of thioether (sulfide) groups is 1. The Morgan fingerprint density at radius 3 is 3.25 bits per heavy atom.